The minimum atomic E-state index is -0.542. The number of rotatable bonds is 5. The van der Waals surface area contributed by atoms with Gasteiger partial charge in [0.2, 0.25) is 12.3 Å². The van der Waals surface area contributed by atoms with Gasteiger partial charge >= 0.3 is 0 Å². The molecular formula is C16H20N4O4. The van der Waals surface area contributed by atoms with Gasteiger partial charge in [-0.25, -0.2) is 5.43 Å². The minimum absolute atomic E-state index is 0.0855. The Labute approximate surface area is 139 Å². The van der Waals surface area contributed by atoms with Crippen molar-refractivity contribution in [2.75, 3.05) is 26.2 Å². The predicted molar refractivity (Wildman–Crippen MR) is 87.5 cm³/mol. The smallest absolute Gasteiger partial charge is 0.275 e. The van der Waals surface area contributed by atoms with Gasteiger partial charge in [-0.1, -0.05) is 12.1 Å². The summed E-state index contributed by atoms with van der Waals surface area (Å²) in [6.45, 7) is 3.68. The van der Waals surface area contributed by atoms with E-state index in [4.69, 9.17) is 0 Å². The first-order valence-electron chi connectivity index (χ1n) is 7.60. The molecule has 1 saturated heterocycles. The monoisotopic (exact) mass is 332 g/mol. The van der Waals surface area contributed by atoms with Gasteiger partial charge in [-0.15, -0.1) is 0 Å². The molecule has 1 aromatic rings. The second-order valence-corrected chi connectivity index (χ2v) is 5.50. The van der Waals surface area contributed by atoms with Crippen molar-refractivity contribution in [3.8, 4) is 5.75 Å². The number of aromatic hydroxyl groups is 1. The van der Waals surface area contributed by atoms with E-state index in [2.05, 4.69) is 10.5 Å². The number of phenols is 1. The van der Waals surface area contributed by atoms with Crippen molar-refractivity contribution >= 4 is 23.9 Å². The molecule has 1 heterocycles. The third kappa shape index (κ3) is 4.55. The van der Waals surface area contributed by atoms with Crippen molar-refractivity contribution in [1.29, 1.82) is 0 Å². The van der Waals surface area contributed by atoms with E-state index in [-0.39, 0.29) is 23.6 Å². The molecule has 0 spiro atoms. The first-order valence-corrected chi connectivity index (χ1v) is 7.60. The zero-order valence-corrected chi connectivity index (χ0v) is 13.4. The maximum Gasteiger partial charge on any atom is 0.275 e. The number of hydrogen-bond acceptors (Lipinski definition) is 5. The summed E-state index contributed by atoms with van der Waals surface area (Å²) >= 11 is 0. The summed E-state index contributed by atoms with van der Waals surface area (Å²) in [5.74, 6) is -0.773. The third-order valence-electron chi connectivity index (χ3n) is 3.72. The van der Waals surface area contributed by atoms with Crippen molar-refractivity contribution < 1.29 is 19.5 Å². The van der Waals surface area contributed by atoms with Crippen LogP contribution < -0.4 is 5.43 Å². The largest absolute Gasteiger partial charge is 0.507 e. The van der Waals surface area contributed by atoms with Crippen LogP contribution in [0.3, 0.4) is 0 Å². The average molecular weight is 332 g/mol. The average Bonchev–Trinajstić information content (AvgIpc) is 2.60. The number of carbonyl (C=O) groups excluding carboxylic acids is 3. The van der Waals surface area contributed by atoms with E-state index < -0.39 is 5.91 Å². The third-order valence-corrected chi connectivity index (χ3v) is 3.72. The fourth-order valence-corrected chi connectivity index (χ4v) is 2.32. The van der Waals surface area contributed by atoms with E-state index in [9.17, 15) is 19.5 Å². The van der Waals surface area contributed by atoms with E-state index in [0.29, 0.717) is 31.9 Å². The number of benzene rings is 1. The van der Waals surface area contributed by atoms with Gasteiger partial charge in [0.15, 0.2) is 0 Å². The van der Waals surface area contributed by atoms with E-state index in [1.165, 1.54) is 12.1 Å². The van der Waals surface area contributed by atoms with Gasteiger partial charge in [-0.05, 0) is 19.1 Å². The number of hydrazone groups is 1. The number of hydrogen-bond donors (Lipinski definition) is 2. The summed E-state index contributed by atoms with van der Waals surface area (Å²) in [6, 6.07) is 6.14. The number of piperazine rings is 1. The predicted octanol–water partition coefficient (Wildman–Crippen LogP) is 0.189. The molecule has 8 heteroatoms. The zero-order valence-electron chi connectivity index (χ0n) is 13.4. The van der Waals surface area contributed by atoms with Crippen LogP contribution in [-0.4, -0.2) is 65.0 Å². The lowest BCUT2D eigenvalue weighted by Crippen LogP contribution is -2.48. The maximum atomic E-state index is 12.2. The highest BCUT2D eigenvalue weighted by Gasteiger charge is 2.20. The van der Waals surface area contributed by atoms with Crippen LogP contribution in [0.5, 0.6) is 5.75 Å². The first-order chi connectivity index (χ1) is 11.5. The zero-order chi connectivity index (χ0) is 17.5. The first kappa shape index (κ1) is 17.5. The Morgan fingerprint density at radius 2 is 1.92 bits per heavy atom. The van der Waals surface area contributed by atoms with Gasteiger partial charge in [0, 0.05) is 31.9 Å². The Balaban J connectivity index is 1.85. The summed E-state index contributed by atoms with van der Waals surface area (Å²) in [5.41, 5.74) is 2.90. The van der Waals surface area contributed by atoms with Crippen LogP contribution in [0.25, 0.3) is 0 Å². The molecule has 1 aliphatic heterocycles. The van der Waals surface area contributed by atoms with Crippen LogP contribution >= 0.6 is 0 Å². The normalized spacial score (nSPS) is 15.1. The maximum absolute atomic E-state index is 12.2. The van der Waals surface area contributed by atoms with E-state index in [1.54, 1.807) is 28.9 Å². The lowest BCUT2D eigenvalue weighted by atomic mass is 10.2. The number of nitrogens with one attached hydrogen (secondary N) is 1. The van der Waals surface area contributed by atoms with Gasteiger partial charge in [0.25, 0.3) is 5.91 Å². The topological polar surface area (TPSA) is 102 Å². The molecule has 0 bridgehead atoms. The molecule has 8 nitrogen and oxygen atoms in total. The Kier molecular flexibility index (Phi) is 5.89. The summed E-state index contributed by atoms with van der Waals surface area (Å²) in [7, 11) is 0. The van der Waals surface area contributed by atoms with Crippen LogP contribution in [0.4, 0.5) is 0 Å². The minimum Gasteiger partial charge on any atom is -0.507 e. The molecule has 3 amide bonds. The molecule has 0 atom stereocenters. The number of carbonyl (C=O) groups is 3. The van der Waals surface area contributed by atoms with Crippen molar-refractivity contribution in [1.82, 2.24) is 15.2 Å². The molecule has 128 valence electrons. The molecule has 0 aliphatic carbocycles. The van der Waals surface area contributed by atoms with Crippen molar-refractivity contribution in [2.45, 2.75) is 13.3 Å². The van der Waals surface area contributed by atoms with Crippen LogP contribution in [0.15, 0.2) is 29.4 Å². The second-order valence-electron chi connectivity index (χ2n) is 5.50. The lowest BCUT2D eigenvalue weighted by molar-refractivity contribution is -0.134. The van der Waals surface area contributed by atoms with Crippen LogP contribution in [0.1, 0.15) is 23.7 Å². The molecule has 0 saturated carbocycles. The van der Waals surface area contributed by atoms with E-state index >= 15 is 0 Å². The van der Waals surface area contributed by atoms with Gasteiger partial charge in [0.1, 0.15) is 5.75 Å². The number of nitrogens with zero attached hydrogens (tertiary/aromatic N) is 3. The molecule has 2 N–H and O–H groups in total. The fourth-order valence-electron chi connectivity index (χ4n) is 2.32. The number of para-hydroxylation sites is 1. The fraction of sp³-hybridized carbons (Fsp3) is 0.375. The number of amides is 3. The highest BCUT2D eigenvalue weighted by Crippen LogP contribution is 2.14. The highest BCUT2D eigenvalue weighted by molar-refractivity contribution is 6.01. The second kappa shape index (κ2) is 8.09. The lowest BCUT2D eigenvalue weighted by Gasteiger charge is -2.32. The van der Waals surface area contributed by atoms with Gasteiger partial charge in [-0.2, -0.15) is 5.10 Å². The summed E-state index contributed by atoms with van der Waals surface area (Å²) < 4.78 is 0. The standard InChI is InChI=1S/C16H20N4O4/c1-12(10-15(23)20-8-6-19(11-21)7-9-20)17-18-16(24)13-4-2-3-5-14(13)22/h2-5,11,22H,6-10H2,1H3,(H,18,24). The summed E-state index contributed by atoms with van der Waals surface area (Å²) in [5, 5.41) is 13.5. The molecule has 1 aliphatic rings. The van der Waals surface area contributed by atoms with Gasteiger partial charge in [-0.3, -0.25) is 14.4 Å². The Bertz CT molecular complexity index is 651. The molecular weight excluding hydrogens is 312 g/mol. The SMILES string of the molecule is CC(CC(=O)N1CCN(C=O)CC1)=NNC(=O)c1ccccc1O. The van der Waals surface area contributed by atoms with E-state index in [1.807, 2.05) is 0 Å². The molecule has 0 aromatic heterocycles. The van der Waals surface area contributed by atoms with Crippen LogP contribution in [-0.2, 0) is 9.59 Å². The quantitative estimate of drug-likeness (QED) is 0.456. The molecule has 1 fully saturated rings. The summed E-state index contributed by atoms with van der Waals surface area (Å²) in [6.07, 6.45) is 0.866. The van der Waals surface area contributed by atoms with Crippen molar-refractivity contribution in [3.05, 3.63) is 29.8 Å². The van der Waals surface area contributed by atoms with Gasteiger partial charge < -0.3 is 14.9 Å². The van der Waals surface area contributed by atoms with Crippen molar-refractivity contribution in [2.24, 2.45) is 5.10 Å². The molecule has 0 radical (unpaired) electrons. The molecule has 2 rings (SSSR count). The van der Waals surface area contributed by atoms with Crippen LogP contribution in [0, 0.1) is 0 Å². The van der Waals surface area contributed by atoms with E-state index in [0.717, 1.165) is 6.41 Å². The summed E-state index contributed by atoms with van der Waals surface area (Å²) in [4.78, 5) is 38.0. The molecule has 1 aromatic carbocycles. The van der Waals surface area contributed by atoms with Gasteiger partial charge in [0.05, 0.1) is 12.0 Å². The molecule has 24 heavy (non-hydrogen) atoms. The Morgan fingerprint density at radius 1 is 1.25 bits per heavy atom. The van der Waals surface area contributed by atoms with Crippen molar-refractivity contribution in [3.63, 3.8) is 0 Å². The molecule has 0 unspecified atom stereocenters. The Morgan fingerprint density at radius 3 is 2.54 bits per heavy atom. The highest BCUT2D eigenvalue weighted by atomic mass is 16.3. The van der Waals surface area contributed by atoms with Crippen LogP contribution in [0.2, 0.25) is 0 Å². The number of phenolic OH excluding ortho intramolecular Hbond substituents is 1. The Hall–Kier alpha value is -2.90.